The van der Waals surface area contributed by atoms with Gasteiger partial charge < -0.3 is 18.6 Å². The van der Waals surface area contributed by atoms with Crippen molar-refractivity contribution in [1.82, 2.24) is 0 Å². The molecule has 35 heavy (non-hydrogen) atoms. The molecule has 3 aromatic carbocycles. The molecule has 0 aliphatic rings. The molecule has 0 radical (unpaired) electrons. The maximum absolute atomic E-state index is 12.2. The lowest BCUT2D eigenvalue weighted by Crippen LogP contribution is -2.13. The van der Waals surface area contributed by atoms with Gasteiger partial charge in [-0.05, 0) is 55.3 Å². The van der Waals surface area contributed by atoms with Gasteiger partial charge in [-0.25, -0.2) is 4.79 Å². The lowest BCUT2D eigenvalue weighted by molar-refractivity contribution is -0.143. The third-order valence-electron chi connectivity index (χ3n) is 5.22. The van der Waals surface area contributed by atoms with Crippen LogP contribution in [0.3, 0.4) is 0 Å². The van der Waals surface area contributed by atoms with E-state index in [4.69, 9.17) is 18.6 Å². The molecule has 1 heterocycles. The number of fused-ring (bicyclic) bond motifs is 1. The van der Waals surface area contributed by atoms with Crippen molar-refractivity contribution in [3.63, 3.8) is 0 Å². The number of hydrogen-bond donors (Lipinski definition) is 1. The van der Waals surface area contributed by atoms with Crippen LogP contribution in [-0.4, -0.2) is 25.3 Å². The number of furan rings is 1. The maximum atomic E-state index is 12.2. The zero-order valence-corrected chi connectivity index (χ0v) is 19.5. The van der Waals surface area contributed by atoms with Crippen LogP contribution in [0.5, 0.6) is 5.75 Å². The Morgan fingerprint density at radius 1 is 0.914 bits per heavy atom. The van der Waals surface area contributed by atoms with Gasteiger partial charge >= 0.3 is 12.1 Å². The molecule has 1 amide bonds. The van der Waals surface area contributed by atoms with Gasteiger partial charge in [0.05, 0.1) is 18.8 Å². The molecule has 0 unspecified atom stereocenters. The third-order valence-corrected chi connectivity index (χ3v) is 5.22. The quantitative estimate of drug-likeness (QED) is 0.207. The standard InChI is InChI=1S/C28H27NO6/c1-2-32-27(30)13-8-16-33-25-12-7-6-11-23(25)26-18-21-17-22(14-15-24(21)35-26)29-28(31)34-19-20-9-4-3-5-10-20/h3-7,9-12,14-15,17-18H,2,8,13,16,19H2,1H3,(H,29,31). The molecular formula is C28H27NO6. The first-order valence-corrected chi connectivity index (χ1v) is 11.5. The van der Waals surface area contributed by atoms with Crippen LogP contribution in [0.25, 0.3) is 22.3 Å². The van der Waals surface area contributed by atoms with Gasteiger partial charge in [-0.15, -0.1) is 0 Å². The van der Waals surface area contributed by atoms with Gasteiger partial charge in [0.25, 0.3) is 0 Å². The summed E-state index contributed by atoms with van der Waals surface area (Å²) in [7, 11) is 0. The fourth-order valence-electron chi connectivity index (χ4n) is 3.56. The Morgan fingerprint density at radius 3 is 2.54 bits per heavy atom. The number of ether oxygens (including phenoxy) is 3. The van der Waals surface area contributed by atoms with Crippen LogP contribution in [0, 0.1) is 0 Å². The van der Waals surface area contributed by atoms with Gasteiger partial charge in [-0.1, -0.05) is 42.5 Å². The first-order chi connectivity index (χ1) is 17.1. The minimum absolute atomic E-state index is 0.196. The molecule has 0 aliphatic heterocycles. The summed E-state index contributed by atoms with van der Waals surface area (Å²) in [5.74, 6) is 1.08. The number of anilines is 1. The molecule has 4 aromatic rings. The Hall–Kier alpha value is -4.26. The van der Waals surface area contributed by atoms with E-state index in [1.165, 1.54) is 0 Å². The summed E-state index contributed by atoms with van der Waals surface area (Å²) in [6.45, 7) is 2.74. The summed E-state index contributed by atoms with van der Waals surface area (Å²) >= 11 is 0. The Balaban J connectivity index is 1.40. The van der Waals surface area contributed by atoms with E-state index in [2.05, 4.69) is 5.32 Å². The number of hydrogen-bond acceptors (Lipinski definition) is 6. The van der Waals surface area contributed by atoms with E-state index >= 15 is 0 Å². The molecule has 4 rings (SSSR count). The average Bonchev–Trinajstić information content (AvgIpc) is 3.30. The number of carbonyl (C=O) groups excluding carboxylic acids is 2. The fraction of sp³-hybridized carbons (Fsp3) is 0.214. The summed E-state index contributed by atoms with van der Waals surface area (Å²) < 4.78 is 22.2. The zero-order chi connectivity index (χ0) is 24.5. The Labute approximate surface area is 203 Å². The van der Waals surface area contributed by atoms with Crippen LogP contribution in [0.1, 0.15) is 25.3 Å². The normalized spacial score (nSPS) is 10.7. The van der Waals surface area contributed by atoms with E-state index in [0.717, 1.165) is 16.5 Å². The Morgan fingerprint density at radius 2 is 1.71 bits per heavy atom. The second-order valence-corrected chi connectivity index (χ2v) is 7.80. The number of para-hydroxylation sites is 1. The molecule has 0 bridgehead atoms. The summed E-state index contributed by atoms with van der Waals surface area (Å²) in [6, 6.07) is 24.4. The molecule has 1 N–H and O–H groups in total. The first-order valence-electron chi connectivity index (χ1n) is 11.5. The van der Waals surface area contributed by atoms with Gasteiger partial charge in [-0.3, -0.25) is 10.1 Å². The summed E-state index contributed by atoms with van der Waals surface area (Å²) in [6.07, 6.45) is 0.339. The highest BCUT2D eigenvalue weighted by molar-refractivity contribution is 5.91. The molecule has 0 saturated carbocycles. The average molecular weight is 474 g/mol. The molecule has 0 saturated heterocycles. The largest absolute Gasteiger partial charge is 0.493 e. The monoisotopic (exact) mass is 473 g/mol. The number of amides is 1. The van der Waals surface area contributed by atoms with Crippen molar-refractivity contribution in [2.75, 3.05) is 18.5 Å². The second-order valence-electron chi connectivity index (χ2n) is 7.80. The predicted molar refractivity (Wildman–Crippen MR) is 133 cm³/mol. The molecule has 7 nitrogen and oxygen atoms in total. The van der Waals surface area contributed by atoms with Crippen LogP contribution in [0.4, 0.5) is 10.5 Å². The first kappa shape index (κ1) is 23.9. The highest BCUT2D eigenvalue weighted by Gasteiger charge is 2.13. The third kappa shape index (κ3) is 6.63. The smallest absolute Gasteiger partial charge is 0.411 e. The topological polar surface area (TPSA) is 87.0 Å². The second kappa shape index (κ2) is 11.7. The Bertz CT molecular complexity index is 1280. The fourth-order valence-corrected chi connectivity index (χ4v) is 3.56. The van der Waals surface area contributed by atoms with Crippen molar-refractivity contribution in [2.45, 2.75) is 26.4 Å². The van der Waals surface area contributed by atoms with Gasteiger partial charge in [0.15, 0.2) is 0 Å². The van der Waals surface area contributed by atoms with Gasteiger partial charge in [0, 0.05) is 17.5 Å². The van der Waals surface area contributed by atoms with E-state index in [-0.39, 0.29) is 12.6 Å². The maximum Gasteiger partial charge on any atom is 0.411 e. The van der Waals surface area contributed by atoms with E-state index < -0.39 is 6.09 Å². The van der Waals surface area contributed by atoms with Gasteiger partial charge in [0.1, 0.15) is 23.7 Å². The van der Waals surface area contributed by atoms with Crippen molar-refractivity contribution in [1.29, 1.82) is 0 Å². The highest BCUT2D eigenvalue weighted by atomic mass is 16.5. The number of esters is 1. The molecule has 0 spiro atoms. The van der Waals surface area contributed by atoms with Crippen LogP contribution < -0.4 is 10.1 Å². The lowest BCUT2D eigenvalue weighted by Gasteiger charge is -2.09. The van der Waals surface area contributed by atoms with Crippen LogP contribution in [0.15, 0.2) is 83.3 Å². The Kier molecular flexibility index (Phi) is 8.01. The summed E-state index contributed by atoms with van der Waals surface area (Å²) in [5, 5.41) is 3.58. The number of benzene rings is 3. The van der Waals surface area contributed by atoms with Crippen molar-refractivity contribution in [3.05, 3.63) is 84.4 Å². The van der Waals surface area contributed by atoms with E-state index in [1.54, 1.807) is 19.1 Å². The molecule has 7 heteroatoms. The van der Waals surface area contributed by atoms with E-state index in [9.17, 15) is 9.59 Å². The predicted octanol–water partition coefficient (Wildman–Crippen LogP) is 6.57. The highest BCUT2D eigenvalue weighted by Crippen LogP contribution is 2.35. The molecule has 0 atom stereocenters. The summed E-state index contributed by atoms with van der Waals surface area (Å²) in [5.41, 5.74) is 3.00. The van der Waals surface area contributed by atoms with Crippen molar-refractivity contribution in [2.24, 2.45) is 0 Å². The van der Waals surface area contributed by atoms with Gasteiger partial charge in [0.2, 0.25) is 0 Å². The number of carbonyl (C=O) groups is 2. The number of nitrogens with one attached hydrogen (secondary N) is 1. The minimum atomic E-state index is -0.529. The van der Waals surface area contributed by atoms with Crippen molar-refractivity contribution >= 4 is 28.7 Å². The lowest BCUT2D eigenvalue weighted by atomic mass is 10.1. The molecule has 1 aromatic heterocycles. The zero-order valence-electron chi connectivity index (χ0n) is 19.5. The van der Waals surface area contributed by atoms with Crippen LogP contribution >= 0.6 is 0 Å². The summed E-state index contributed by atoms with van der Waals surface area (Å²) in [4.78, 5) is 23.7. The number of rotatable bonds is 10. The molecule has 0 aliphatic carbocycles. The van der Waals surface area contributed by atoms with E-state index in [1.807, 2.05) is 66.7 Å². The van der Waals surface area contributed by atoms with Crippen LogP contribution in [-0.2, 0) is 20.9 Å². The SMILES string of the molecule is CCOC(=O)CCCOc1ccccc1-c1cc2cc(NC(=O)OCc3ccccc3)ccc2o1. The molecule has 180 valence electrons. The van der Waals surface area contributed by atoms with Gasteiger partial charge in [-0.2, -0.15) is 0 Å². The van der Waals surface area contributed by atoms with Crippen molar-refractivity contribution in [3.8, 4) is 17.1 Å². The molecule has 0 fully saturated rings. The minimum Gasteiger partial charge on any atom is -0.493 e. The van der Waals surface area contributed by atoms with E-state index in [0.29, 0.717) is 48.8 Å². The van der Waals surface area contributed by atoms with Crippen molar-refractivity contribution < 1.29 is 28.2 Å². The molecular weight excluding hydrogens is 446 g/mol. The van der Waals surface area contributed by atoms with Crippen LogP contribution in [0.2, 0.25) is 0 Å².